The first-order chi connectivity index (χ1) is 26.8. The number of hydrogen-bond acceptors (Lipinski definition) is 8. The number of carbonyl (C=O) groups excluding carboxylic acids is 2. The van der Waals surface area contributed by atoms with Crippen molar-refractivity contribution in [2.24, 2.45) is 5.73 Å². The second-order valence-corrected chi connectivity index (χ2v) is 16.7. The van der Waals surface area contributed by atoms with Gasteiger partial charge in [-0.2, -0.15) is 0 Å². The van der Waals surface area contributed by atoms with Crippen molar-refractivity contribution in [3.63, 3.8) is 0 Å². The molecule has 0 heterocycles. The molecule has 2 atom stereocenters. The number of unbranched alkanes of at least 4 members (excludes halogenated alkanes) is 26. The molecule has 0 saturated carbocycles. The lowest BCUT2D eigenvalue weighted by molar-refractivity contribution is -0.161. The van der Waals surface area contributed by atoms with Gasteiger partial charge in [0.05, 0.1) is 13.2 Å². The molecule has 3 N–H and O–H groups in total. The van der Waals surface area contributed by atoms with Gasteiger partial charge < -0.3 is 20.1 Å². The molecule has 0 aromatic carbocycles. The van der Waals surface area contributed by atoms with Crippen LogP contribution in [0.1, 0.15) is 219 Å². The van der Waals surface area contributed by atoms with Gasteiger partial charge in [0.2, 0.25) is 0 Å². The fourth-order valence-electron chi connectivity index (χ4n) is 6.43. The third-order valence-corrected chi connectivity index (χ3v) is 10.8. The van der Waals surface area contributed by atoms with Crippen molar-refractivity contribution < 1.29 is 37.6 Å². The Hall–Kier alpha value is -1.51. The minimum absolute atomic E-state index is 0.0547. The van der Waals surface area contributed by atoms with E-state index in [1.54, 1.807) is 0 Å². The third kappa shape index (κ3) is 41.9. The summed E-state index contributed by atoms with van der Waals surface area (Å²) in [5, 5.41) is 0. The monoisotopic (exact) mass is 800 g/mol. The van der Waals surface area contributed by atoms with Crippen LogP contribution in [0.3, 0.4) is 0 Å². The average molecular weight is 800 g/mol. The van der Waals surface area contributed by atoms with Gasteiger partial charge in [0, 0.05) is 19.4 Å². The van der Waals surface area contributed by atoms with E-state index < -0.39 is 26.5 Å². The lowest BCUT2D eigenvalue weighted by Gasteiger charge is -2.19. The molecule has 0 fully saturated rings. The summed E-state index contributed by atoms with van der Waals surface area (Å²) in [6, 6.07) is 0. The summed E-state index contributed by atoms with van der Waals surface area (Å²) in [6.07, 6.45) is 44.9. The van der Waals surface area contributed by atoms with Gasteiger partial charge in [0.25, 0.3) is 0 Å². The molecule has 55 heavy (non-hydrogen) atoms. The molecule has 0 aliphatic rings. The van der Waals surface area contributed by atoms with Crippen molar-refractivity contribution in [3.05, 3.63) is 24.3 Å². The molecule has 0 aromatic heterocycles. The molecule has 9 nitrogen and oxygen atoms in total. The Morgan fingerprint density at radius 2 is 0.945 bits per heavy atom. The number of nitrogens with two attached hydrogens (primary N) is 1. The second kappa shape index (κ2) is 42.1. The van der Waals surface area contributed by atoms with Gasteiger partial charge in [0.1, 0.15) is 6.61 Å². The number of allylic oxidation sites excluding steroid dienone is 4. The number of phosphoric ester groups is 1. The van der Waals surface area contributed by atoms with E-state index in [1.807, 2.05) is 0 Å². The van der Waals surface area contributed by atoms with Crippen LogP contribution in [0, 0.1) is 0 Å². The largest absolute Gasteiger partial charge is 0.472 e. The quantitative estimate of drug-likeness (QED) is 0.0267. The molecule has 0 aliphatic heterocycles. The van der Waals surface area contributed by atoms with E-state index >= 15 is 0 Å². The summed E-state index contributed by atoms with van der Waals surface area (Å²) < 4.78 is 32.8. The Morgan fingerprint density at radius 1 is 0.545 bits per heavy atom. The van der Waals surface area contributed by atoms with Gasteiger partial charge in [-0.15, -0.1) is 0 Å². The highest BCUT2D eigenvalue weighted by Crippen LogP contribution is 2.43. The number of rotatable bonds is 43. The van der Waals surface area contributed by atoms with Crippen LogP contribution in [0.2, 0.25) is 0 Å². The first-order valence-electron chi connectivity index (χ1n) is 22.8. The van der Waals surface area contributed by atoms with Crippen molar-refractivity contribution in [2.75, 3.05) is 26.4 Å². The Kier molecular flexibility index (Phi) is 40.9. The molecule has 10 heteroatoms. The molecule has 0 amide bonds. The fourth-order valence-corrected chi connectivity index (χ4v) is 7.20. The summed E-state index contributed by atoms with van der Waals surface area (Å²) in [7, 11) is -4.37. The van der Waals surface area contributed by atoms with E-state index in [9.17, 15) is 19.0 Å². The van der Waals surface area contributed by atoms with Crippen molar-refractivity contribution >= 4 is 19.8 Å². The molecule has 1 unspecified atom stereocenters. The molecule has 0 rings (SSSR count). The van der Waals surface area contributed by atoms with Crippen LogP contribution in [0.15, 0.2) is 24.3 Å². The Morgan fingerprint density at radius 3 is 1.42 bits per heavy atom. The van der Waals surface area contributed by atoms with Crippen LogP contribution in [0.5, 0.6) is 0 Å². The number of carbonyl (C=O) groups is 2. The summed E-state index contributed by atoms with van der Waals surface area (Å²) >= 11 is 0. The topological polar surface area (TPSA) is 134 Å². The fraction of sp³-hybridized carbons (Fsp3) is 0.867. The summed E-state index contributed by atoms with van der Waals surface area (Å²) in [5.41, 5.74) is 5.35. The summed E-state index contributed by atoms with van der Waals surface area (Å²) in [5.74, 6) is -0.824. The van der Waals surface area contributed by atoms with E-state index in [1.165, 1.54) is 148 Å². The molecule has 0 radical (unpaired) electrons. The predicted octanol–water partition coefficient (Wildman–Crippen LogP) is 13.2. The van der Waals surface area contributed by atoms with E-state index in [-0.39, 0.29) is 38.6 Å². The maximum Gasteiger partial charge on any atom is 0.472 e. The normalized spacial score (nSPS) is 13.5. The van der Waals surface area contributed by atoms with E-state index in [0.717, 1.165) is 38.5 Å². The number of esters is 2. The SMILES string of the molecule is CCCCC/C=C\C/C=C\CCCCCCCCCCCC(=O)OC[C@H](COP(=O)(O)OCCN)OC(=O)CCCCCCCCCCCCCCCCC. The van der Waals surface area contributed by atoms with Crippen LogP contribution >= 0.6 is 7.82 Å². The molecule has 0 aromatic rings. The first kappa shape index (κ1) is 53.5. The van der Waals surface area contributed by atoms with Gasteiger partial charge >= 0.3 is 19.8 Å². The third-order valence-electron chi connectivity index (χ3n) is 9.84. The molecular weight excluding hydrogens is 713 g/mol. The molecule has 0 spiro atoms. The minimum Gasteiger partial charge on any atom is -0.462 e. The maximum atomic E-state index is 12.6. The van der Waals surface area contributed by atoms with Gasteiger partial charge in [-0.1, -0.05) is 186 Å². The van der Waals surface area contributed by atoms with E-state index in [2.05, 4.69) is 38.2 Å². The molecule has 0 aliphatic carbocycles. The number of phosphoric acid groups is 1. The minimum atomic E-state index is -4.37. The molecule has 0 saturated heterocycles. The van der Waals surface area contributed by atoms with Crippen molar-refractivity contribution in [3.8, 4) is 0 Å². The van der Waals surface area contributed by atoms with Crippen LogP contribution in [-0.4, -0.2) is 49.3 Å². The molecule has 324 valence electrons. The zero-order valence-corrected chi connectivity index (χ0v) is 36.6. The van der Waals surface area contributed by atoms with Crippen molar-refractivity contribution in [1.82, 2.24) is 0 Å². The van der Waals surface area contributed by atoms with Gasteiger partial charge in [-0.25, -0.2) is 4.57 Å². The van der Waals surface area contributed by atoms with Crippen LogP contribution in [0.25, 0.3) is 0 Å². The van der Waals surface area contributed by atoms with Crippen molar-refractivity contribution in [2.45, 2.75) is 225 Å². The summed E-state index contributed by atoms with van der Waals surface area (Å²) in [4.78, 5) is 34.9. The maximum absolute atomic E-state index is 12.6. The highest BCUT2D eigenvalue weighted by molar-refractivity contribution is 7.47. The van der Waals surface area contributed by atoms with Crippen LogP contribution in [-0.2, 0) is 32.7 Å². The zero-order chi connectivity index (χ0) is 40.3. The van der Waals surface area contributed by atoms with Crippen LogP contribution in [0.4, 0.5) is 0 Å². The number of hydrogen-bond donors (Lipinski definition) is 2. The smallest absolute Gasteiger partial charge is 0.462 e. The van der Waals surface area contributed by atoms with Crippen molar-refractivity contribution in [1.29, 1.82) is 0 Å². The van der Waals surface area contributed by atoms with Gasteiger partial charge in [-0.3, -0.25) is 18.6 Å². The second-order valence-electron chi connectivity index (χ2n) is 15.3. The lowest BCUT2D eigenvalue weighted by atomic mass is 10.0. The first-order valence-corrected chi connectivity index (χ1v) is 24.3. The zero-order valence-electron chi connectivity index (χ0n) is 35.7. The Labute approximate surface area is 338 Å². The molecule has 0 bridgehead atoms. The summed E-state index contributed by atoms with van der Waals surface area (Å²) in [6.45, 7) is 3.73. The molecular formula is C45H86NO8P. The van der Waals surface area contributed by atoms with E-state index in [0.29, 0.717) is 6.42 Å². The standard InChI is InChI=1S/C45H86NO8P/c1-3-5-7-9-11-13-15-17-19-20-21-22-24-25-27-29-31-33-35-37-44(47)51-41-43(42-53-55(49,50)52-40-39-46)54-45(48)38-36-34-32-30-28-26-23-18-16-14-12-10-8-6-4-2/h11,13,17,19,43H,3-10,12,14-16,18,20-42,46H2,1-2H3,(H,49,50)/b13-11-,19-17-/t43-/m1/s1. The Balaban J connectivity index is 4.09. The average Bonchev–Trinajstić information content (AvgIpc) is 3.17. The van der Waals surface area contributed by atoms with Gasteiger partial charge in [-0.05, 0) is 44.9 Å². The Bertz CT molecular complexity index is 959. The highest BCUT2D eigenvalue weighted by Gasteiger charge is 2.26. The van der Waals surface area contributed by atoms with E-state index in [4.69, 9.17) is 24.3 Å². The highest BCUT2D eigenvalue weighted by atomic mass is 31.2. The van der Waals surface area contributed by atoms with Gasteiger partial charge in [0.15, 0.2) is 6.10 Å². The predicted molar refractivity (Wildman–Crippen MR) is 229 cm³/mol. The number of ether oxygens (including phenoxy) is 2. The lowest BCUT2D eigenvalue weighted by Crippen LogP contribution is -2.29. The van der Waals surface area contributed by atoms with Crippen LogP contribution < -0.4 is 5.73 Å².